The Bertz CT molecular complexity index is 749. The summed E-state index contributed by atoms with van der Waals surface area (Å²) in [6.45, 7) is 2.17. The Balaban J connectivity index is 1.92. The van der Waals surface area contributed by atoms with Crippen LogP contribution in [0.3, 0.4) is 0 Å². The van der Waals surface area contributed by atoms with Crippen molar-refractivity contribution in [3.8, 4) is 0 Å². The molecule has 21 heavy (non-hydrogen) atoms. The van der Waals surface area contributed by atoms with Gasteiger partial charge in [0.2, 0.25) is 0 Å². The number of thiophene rings is 2. The normalized spacial score (nSPS) is 12.2. The maximum absolute atomic E-state index is 13.9. The molecule has 0 fully saturated rings. The van der Waals surface area contributed by atoms with Crippen molar-refractivity contribution in [3.63, 3.8) is 0 Å². The summed E-state index contributed by atoms with van der Waals surface area (Å²) >= 11 is 7.37. The molecule has 0 bridgehead atoms. The van der Waals surface area contributed by atoms with Gasteiger partial charge in [0.25, 0.3) is 5.92 Å². The molecule has 3 aromatic heterocycles. The molecule has 0 saturated heterocycles. The first-order valence-electron chi connectivity index (χ1n) is 6.25. The van der Waals surface area contributed by atoms with Gasteiger partial charge in [-0.1, -0.05) is 13.0 Å². The summed E-state index contributed by atoms with van der Waals surface area (Å²) in [4.78, 5) is 1.26. The topological polar surface area (TPSA) is 24.9 Å². The molecule has 8 heteroatoms. The number of hydrogen-bond acceptors (Lipinski definition) is 5. The second kappa shape index (κ2) is 5.91. The second-order valence-corrected chi connectivity index (χ2v) is 8.04. The molecule has 1 N–H and O–H groups in total. The molecule has 3 rings (SSSR count). The van der Waals surface area contributed by atoms with Crippen LogP contribution in [0.4, 0.5) is 13.8 Å². The van der Waals surface area contributed by atoms with Crippen LogP contribution in [0.5, 0.6) is 0 Å². The van der Waals surface area contributed by atoms with Crippen LogP contribution < -0.4 is 5.32 Å². The van der Waals surface area contributed by atoms with Gasteiger partial charge in [-0.2, -0.15) is 4.37 Å². The van der Waals surface area contributed by atoms with Gasteiger partial charge in [-0.25, -0.2) is 8.78 Å². The molecule has 0 aliphatic rings. The van der Waals surface area contributed by atoms with Crippen LogP contribution in [0.25, 0.3) is 10.2 Å². The monoisotopic (exact) mass is 408 g/mol. The molecule has 0 unspecified atom stereocenters. The maximum atomic E-state index is 13.9. The van der Waals surface area contributed by atoms with E-state index in [2.05, 4.69) is 25.6 Å². The van der Waals surface area contributed by atoms with E-state index in [9.17, 15) is 8.78 Å². The van der Waals surface area contributed by atoms with Crippen LogP contribution in [0, 0.1) is 0 Å². The third kappa shape index (κ3) is 2.86. The standard InChI is InChI=1S/C13H11BrF2N2S3/c1-2-13(15,16)11-8(14)9-10(20-11)12(21-18-9)17-6-7-4-3-5-19-7/h3-5,17H,2,6H2,1H3. The molecular formula is C13H11BrF2N2S3. The SMILES string of the molecule is CCC(F)(F)c1sc2c(NCc3cccs3)snc2c1Br. The third-order valence-electron chi connectivity index (χ3n) is 3.04. The number of hydrogen-bond donors (Lipinski definition) is 1. The summed E-state index contributed by atoms with van der Waals surface area (Å²) in [5.74, 6) is -2.81. The molecule has 0 aliphatic carbocycles. The summed E-state index contributed by atoms with van der Waals surface area (Å²) in [5, 5.41) is 6.16. The van der Waals surface area contributed by atoms with E-state index in [4.69, 9.17) is 0 Å². The van der Waals surface area contributed by atoms with E-state index < -0.39 is 5.92 Å². The van der Waals surface area contributed by atoms with Gasteiger partial charge in [-0.15, -0.1) is 22.7 Å². The van der Waals surface area contributed by atoms with Gasteiger partial charge in [0, 0.05) is 11.3 Å². The van der Waals surface area contributed by atoms with Crippen LogP contribution in [0.1, 0.15) is 23.1 Å². The highest BCUT2D eigenvalue weighted by molar-refractivity contribution is 9.10. The number of nitrogens with zero attached hydrogens (tertiary/aromatic N) is 1. The van der Waals surface area contributed by atoms with Crippen LogP contribution in [0.15, 0.2) is 22.0 Å². The van der Waals surface area contributed by atoms with Crippen molar-refractivity contribution in [1.29, 1.82) is 0 Å². The number of fused-ring (bicyclic) bond motifs is 1. The smallest absolute Gasteiger partial charge is 0.283 e. The average Bonchev–Trinajstić information content (AvgIpc) is 3.15. The fourth-order valence-electron chi connectivity index (χ4n) is 1.86. The van der Waals surface area contributed by atoms with Crippen molar-refractivity contribution < 1.29 is 8.78 Å². The van der Waals surface area contributed by atoms with E-state index in [0.717, 1.165) is 21.0 Å². The Morgan fingerprint density at radius 3 is 2.90 bits per heavy atom. The summed E-state index contributed by atoms with van der Waals surface area (Å²) < 4.78 is 33.4. The Morgan fingerprint density at radius 1 is 1.43 bits per heavy atom. The molecule has 3 aromatic rings. The minimum absolute atomic E-state index is 0.0643. The Kier molecular flexibility index (Phi) is 4.31. The van der Waals surface area contributed by atoms with E-state index in [1.807, 2.05) is 17.5 Å². The highest BCUT2D eigenvalue weighted by Gasteiger charge is 2.35. The molecule has 0 aromatic carbocycles. The first kappa shape index (κ1) is 15.3. The quantitative estimate of drug-likeness (QED) is 0.535. The van der Waals surface area contributed by atoms with Gasteiger partial charge in [0.1, 0.15) is 10.5 Å². The summed E-state index contributed by atoms with van der Waals surface area (Å²) in [6.07, 6.45) is -0.212. The van der Waals surface area contributed by atoms with Crippen molar-refractivity contribution >= 4 is 65.4 Å². The van der Waals surface area contributed by atoms with Crippen molar-refractivity contribution in [2.75, 3.05) is 5.32 Å². The zero-order valence-electron chi connectivity index (χ0n) is 11.0. The lowest BCUT2D eigenvalue weighted by atomic mass is 10.2. The van der Waals surface area contributed by atoms with Crippen LogP contribution in [-0.4, -0.2) is 4.37 Å². The van der Waals surface area contributed by atoms with E-state index >= 15 is 0 Å². The molecule has 0 amide bonds. The average molecular weight is 409 g/mol. The van der Waals surface area contributed by atoms with Gasteiger partial charge in [0.15, 0.2) is 0 Å². The fraction of sp³-hybridized carbons (Fsp3) is 0.308. The molecule has 2 nitrogen and oxygen atoms in total. The highest BCUT2D eigenvalue weighted by Crippen LogP contribution is 2.48. The Labute approximate surface area is 141 Å². The number of aromatic nitrogens is 1. The molecule has 0 radical (unpaired) electrons. The Hall–Kier alpha value is -0.570. The Morgan fingerprint density at radius 2 is 2.24 bits per heavy atom. The minimum atomic E-state index is -2.81. The van der Waals surface area contributed by atoms with Gasteiger partial charge in [-0.3, -0.25) is 0 Å². The number of halogens is 3. The molecule has 3 heterocycles. The van der Waals surface area contributed by atoms with Gasteiger partial charge < -0.3 is 5.32 Å². The van der Waals surface area contributed by atoms with Crippen LogP contribution in [0.2, 0.25) is 0 Å². The summed E-state index contributed by atoms with van der Waals surface area (Å²) in [6, 6.07) is 4.03. The summed E-state index contributed by atoms with van der Waals surface area (Å²) in [7, 11) is 0. The fourth-order valence-corrected chi connectivity index (χ4v) is 5.64. The van der Waals surface area contributed by atoms with Crippen molar-refractivity contribution in [2.45, 2.75) is 25.8 Å². The van der Waals surface area contributed by atoms with Gasteiger partial charge >= 0.3 is 0 Å². The largest absolute Gasteiger partial charge is 0.370 e. The second-order valence-electron chi connectivity index (χ2n) is 4.43. The molecule has 0 aliphatic heterocycles. The lowest BCUT2D eigenvalue weighted by Crippen LogP contribution is -2.09. The first-order valence-corrected chi connectivity index (χ1v) is 9.51. The highest BCUT2D eigenvalue weighted by atomic mass is 79.9. The molecule has 0 saturated carbocycles. The molecule has 0 spiro atoms. The molecular weight excluding hydrogens is 398 g/mol. The van der Waals surface area contributed by atoms with Crippen molar-refractivity contribution in [2.24, 2.45) is 0 Å². The van der Waals surface area contributed by atoms with E-state index in [-0.39, 0.29) is 11.3 Å². The number of rotatable bonds is 5. The van der Waals surface area contributed by atoms with Crippen LogP contribution >= 0.6 is 50.1 Å². The zero-order valence-corrected chi connectivity index (χ0v) is 15.0. The lowest BCUT2D eigenvalue weighted by Gasteiger charge is -2.11. The van der Waals surface area contributed by atoms with E-state index in [1.54, 1.807) is 11.3 Å². The molecule has 112 valence electrons. The number of nitrogens with one attached hydrogen (secondary N) is 1. The zero-order chi connectivity index (χ0) is 15.0. The predicted octanol–water partition coefficient (Wildman–Crippen LogP) is 6.30. The first-order chi connectivity index (χ1) is 10.0. The van der Waals surface area contributed by atoms with Gasteiger partial charge in [0.05, 0.1) is 20.6 Å². The molecule has 0 atom stereocenters. The van der Waals surface area contributed by atoms with Gasteiger partial charge in [-0.05, 0) is 38.9 Å². The third-order valence-corrected chi connectivity index (χ3v) is 7.19. The van der Waals surface area contributed by atoms with Crippen molar-refractivity contribution in [1.82, 2.24) is 4.37 Å². The number of anilines is 1. The number of alkyl halides is 2. The minimum Gasteiger partial charge on any atom is -0.370 e. The lowest BCUT2D eigenvalue weighted by molar-refractivity contribution is -0.00498. The van der Waals surface area contributed by atoms with E-state index in [1.165, 1.54) is 23.3 Å². The van der Waals surface area contributed by atoms with Crippen molar-refractivity contribution in [3.05, 3.63) is 31.7 Å². The van der Waals surface area contributed by atoms with E-state index in [0.29, 0.717) is 16.5 Å². The maximum Gasteiger partial charge on any atom is 0.283 e. The predicted molar refractivity (Wildman–Crippen MR) is 91.0 cm³/mol. The summed E-state index contributed by atoms with van der Waals surface area (Å²) in [5.41, 5.74) is 0.627. The van der Waals surface area contributed by atoms with Crippen LogP contribution in [-0.2, 0) is 12.5 Å².